The summed E-state index contributed by atoms with van der Waals surface area (Å²) in [5.74, 6) is -0.0762. The lowest BCUT2D eigenvalue weighted by Crippen LogP contribution is -2.45. The van der Waals surface area contributed by atoms with Gasteiger partial charge in [-0.15, -0.1) is 0 Å². The highest BCUT2D eigenvalue weighted by molar-refractivity contribution is 5.76. The van der Waals surface area contributed by atoms with Crippen molar-refractivity contribution in [1.29, 1.82) is 0 Å². The maximum atomic E-state index is 12.5. The van der Waals surface area contributed by atoms with Crippen molar-refractivity contribution in [1.82, 2.24) is 5.32 Å². The van der Waals surface area contributed by atoms with Crippen LogP contribution in [0.25, 0.3) is 0 Å². The molecule has 0 heterocycles. The van der Waals surface area contributed by atoms with Crippen LogP contribution in [0, 0.1) is 0 Å². The molecule has 0 radical (unpaired) electrons. The maximum absolute atomic E-state index is 12.5. The summed E-state index contributed by atoms with van der Waals surface area (Å²) in [7, 11) is 0. The molecule has 0 aliphatic rings. The van der Waals surface area contributed by atoms with E-state index in [1.54, 1.807) is 6.08 Å². The molecule has 71 heavy (non-hydrogen) atoms. The summed E-state index contributed by atoms with van der Waals surface area (Å²) in [6.07, 6.45) is 94.7. The van der Waals surface area contributed by atoms with Gasteiger partial charge in [0.05, 0.1) is 18.8 Å². The Morgan fingerprint density at radius 1 is 0.352 bits per heavy atom. The van der Waals surface area contributed by atoms with Gasteiger partial charge in [0.25, 0.3) is 0 Å². The summed E-state index contributed by atoms with van der Waals surface area (Å²) in [6.45, 7) is 4.20. The van der Waals surface area contributed by atoms with Crippen molar-refractivity contribution in [2.45, 2.75) is 276 Å². The fourth-order valence-corrected chi connectivity index (χ4v) is 8.38. The zero-order valence-electron chi connectivity index (χ0n) is 46.4. The lowest BCUT2D eigenvalue weighted by atomic mass is 10.0. The van der Waals surface area contributed by atoms with Gasteiger partial charge >= 0.3 is 0 Å². The summed E-state index contributed by atoms with van der Waals surface area (Å²) < 4.78 is 0. The summed E-state index contributed by atoms with van der Waals surface area (Å²) in [5.41, 5.74) is 0. The fraction of sp³-hybridized carbons (Fsp3) is 0.657. The molecule has 0 fully saturated rings. The molecule has 0 bridgehead atoms. The molecule has 4 heteroatoms. The summed E-state index contributed by atoms with van der Waals surface area (Å²) in [6, 6.07) is -0.637. The van der Waals surface area contributed by atoms with Crippen LogP contribution in [0.1, 0.15) is 264 Å². The third-order valence-corrected chi connectivity index (χ3v) is 12.9. The zero-order valence-corrected chi connectivity index (χ0v) is 46.4. The molecule has 0 aromatic carbocycles. The van der Waals surface area contributed by atoms with Crippen LogP contribution in [-0.2, 0) is 4.79 Å². The number of hydrogen-bond donors (Lipinski definition) is 3. The third-order valence-electron chi connectivity index (χ3n) is 12.9. The smallest absolute Gasteiger partial charge is 0.220 e. The van der Waals surface area contributed by atoms with Gasteiger partial charge < -0.3 is 15.5 Å². The first-order valence-corrected chi connectivity index (χ1v) is 29.9. The highest BCUT2D eigenvalue weighted by Gasteiger charge is 2.18. The van der Waals surface area contributed by atoms with E-state index in [4.69, 9.17) is 0 Å². The summed E-state index contributed by atoms with van der Waals surface area (Å²) in [5, 5.41) is 23.2. The lowest BCUT2D eigenvalue weighted by molar-refractivity contribution is -0.123. The van der Waals surface area contributed by atoms with Crippen LogP contribution in [0.5, 0.6) is 0 Å². The van der Waals surface area contributed by atoms with Crippen LogP contribution in [0.15, 0.2) is 134 Å². The molecular weight excluding hydrogens is 867 g/mol. The van der Waals surface area contributed by atoms with Gasteiger partial charge in [-0.1, -0.05) is 295 Å². The van der Waals surface area contributed by atoms with Crippen molar-refractivity contribution in [2.75, 3.05) is 6.61 Å². The molecule has 3 N–H and O–H groups in total. The lowest BCUT2D eigenvalue weighted by Gasteiger charge is -2.20. The van der Waals surface area contributed by atoms with Gasteiger partial charge in [0, 0.05) is 6.42 Å². The molecule has 2 unspecified atom stereocenters. The minimum Gasteiger partial charge on any atom is -0.394 e. The molecule has 404 valence electrons. The summed E-state index contributed by atoms with van der Waals surface area (Å²) in [4.78, 5) is 12.5. The molecule has 0 saturated heterocycles. The number of aliphatic hydroxyl groups is 2. The Morgan fingerprint density at radius 2 is 0.620 bits per heavy atom. The molecule has 0 aromatic rings. The first-order valence-electron chi connectivity index (χ1n) is 29.9. The quantitative estimate of drug-likeness (QED) is 0.0420. The zero-order chi connectivity index (χ0) is 51.3. The van der Waals surface area contributed by atoms with E-state index in [1.165, 1.54) is 141 Å². The molecule has 0 rings (SSSR count). The van der Waals surface area contributed by atoms with Crippen LogP contribution >= 0.6 is 0 Å². The number of carbonyl (C=O) groups is 1. The van der Waals surface area contributed by atoms with E-state index in [0.29, 0.717) is 6.42 Å². The van der Waals surface area contributed by atoms with E-state index in [0.717, 1.165) is 103 Å². The Bertz CT molecular complexity index is 1440. The number of hydrogen-bond acceptors (Lipinski definition) is 3. The van der Waals surface area contributed by atoms with Gasteiger partial charge in [0.2, 0.25) is 5.91 Å². The molecule has 0 aliphatic carbocycles. The van der Waals surface area contributed by atoms with Crippen molar-refractivity contribution in [3.05, 3.63) is 134 Å². The molecule has 4 nitrogen and oxygen atoms in total. The van der Waals surface area contributed by atoms with Crippen LogP contribution in [0.3, 0.4) is 0 Å². The number of amides is 1. The van der Waals surface area contributed by atoms with Gasteiger partial charge in [-0.25, -0.2) is 0 Å². The van der Waals surface area contributed by atoms with E-state index < -0.39 is 12.1 Å². The van der Waals surface area contributed by atoms with Gasteiger partial charge in [-0.05, 0) is 96.3 Å². The standard InChI is InChI=1S/C67H113NO3/c1-3-5-7-9-11-13-15-17-19-21-23-25-26-27-28-29-30-31-32-33-34-35-36-37-38-39-40-41-42-43-45-47-49-51-53-55-57-59-61-63-67(71)68-65(64-69)66(70)62-60-58-56-54-52-50-48-46-44-24-22-20-18-16-14-12-10-8-6-4-2/h5,7,11,13,17,19,23,25,27-28,30-31,33-34,36-37,39-40,42-43,60,62,65-66,69-70H,3-4,6,8-10,12,14-16,18,20-22,24,26,29,32,35,38,41,44-59,61,63-64H2,1-2H3,(H,68,71)/b7-5-,13-11-,19-17-,25-23-,28-27-,31-30-,34-33-,37-36-,40-39-,43-42-,62-60+. The highest BCUT2D eigenvalue weighted by atomic mass is 16.3. The number of nitrogens with one attached hydrogen (secondary N) is 1. The van der Waals surface area contributed by atoms with Crippen LogP contribution in [-0.4, -0.2) is 34.9 Å². The second kappa shape index (κ2) is 60.8. The number of aliphatic hydroxyl groups excluding tert-OH is 2. The Kier molecular flexibility index (Phi) is 57.9. The van der Waals surface area contributed by atoms with E-state index in [1.807, 2.05) is 6.08 Å². The predicted molar refractivity (Wildman–Crippen MR) is 317 cm³/mol. The third kappa shape index (κ3) is 57.3. The van der Waals surface area contributed by atoms with Crippen LogP contribution < -0.4 is 5.32 Å². The van der Waals surface area contributed by atoms with Crippen molar-refractivity contribution in [3.8, 4) is 0 Å². The van der Waals surface area contributed by atoms with Gasteiger partial charge in [-0.3, -0.25) is 4.79 Å². The van der Waals surface area contributed by atoms with Gasteiger partial charge in [0.1, 0.15) is 0 Å². The predicted octanol–water partition coefficient (Wildman–Crippen LogP) is 20.2. The second-order valence-electron chi connectivity index (χ2n) is 19.7. The molecule has 0 aromatic heterocycles. The molecule has 0 aliphatic heterocycles. The number of carbonyl (C=O) groups excluding carboxylic acids is 1. The Hall–Kier alpha value is -3.47. The largest absolute Gasteiger partial charge is 0.394 e. The maximum Gasteiger partial charge on any atom is 0.220 e. The Morgan fingerprint density at radius 3 is 0.930 bits per heavy atom. The molecule has 0 saturated carbocycles. The molecular formula is C67H113NO3. The average molecular weight is 981 g/mol. The average Bonchev–Trinajstić information content (AvgIpc) is 3.37. The Labute approximate surface area is 441 Å². The molecule has 1 amide bonds. The highest BCUT2D eigenvalue weighted by Crippen LogP contribution is 2.16. The monoisotopic (exact) mass is 980 g/mol. The number of rotatable bonds is 53. The number of unbranched alkanes of at least 4 members (excludes halogenated alkanes) is 26. The topological polar surface area (TPSA) is 69.6 Å². The van der Waals surface area contributed by atoms with Crippen LogP contribution in [0.4, 0.5) is 0 Å². The Balaban J connectivity index is 3.63. The van der Waals surface area contributed by atoms with E-state index in [-0.39, 0.29) is 12.5 Å². The SMILES string of the molecule is CC/C=C\C/C=C\C/C=C\C/C=C\C/C=C\C/C=C\C/C=C\C/C=C\C/C=C\C/C=C\CCCCCCCCCCC(=O)NC(CO)C(O)/C=C/CCCCCCCCCCCCCCCCCCCC. The van der Waals surface area contributed by atoms with Crippen molar-refractivity contribution in [3.63, 3.8) is 0 Å². The first kappa shape index (κ1) is 67.5. The van der Waals surface area contributed by atoms with Crippen molar-refractivity contribution < 1.29 is 15.0 Å². The molecule has 2 atom stereocenters. The van der Waals surface area contributed by atoms with E-state index >= 15 is 0 Å². The fourth-order valence-electron chi connectivity index (χ4n) is 8.38. The first-order chi connectivity index (χ1) is 35.2. The minimum atomic E-state index is -0.852. The van der Waals surface area contributed by atoms with Crippen molar-refractivity contribution in [2.24, 2.45) is 0 Å². The normalized spacial score (nSPS) is 13.8. The minimum absolute atomic E-state index is 0.0762. The second-order valence-corrected chi connectivity index (χ2v) is 19.7. The van der Waals surface area contributed by atoms with E-state index in [9.17, 15) is 15.0 Å². The van der Waals surface area contributed by atoms with E-state index in [2.05, 4.69) is 141 Å². The van der Waals surface area contributed by atoms with Crippen LogP contribution in [0.2, 0.25) is 0 Å². The van der Waals surface area contributed by atoms with Gasteiger partial charge in [-0.2, -0.15) is 0 Å². The van der Waals surface area contributed by atoms with Crippen molar-refractivity contribution >= 4 is 5.91 Å². The summed E-state index contributed by atoms with van der Waals surface area (Å²) >= 11 is 0. The molecule has 0 spiro atoms. The van der Waals surface area contributed by atoms with Gasteiger partial charge in [0.15, 0.2) is 0 Å². The number of allylic oxidation sites excluding steroid dienone is 21.